The molecule has 2 aromatic rings. The second-order valence-electron chi connectivity index (χ2n) is 4.04. The summed E-state index contributed by atoms with van der Waals surface area (Å²) in [6.07, 6.45) is 2.08. The number of ether oxygens (including phenoxy) is 2. The fraction of sp³-hybridized carbons (Fsp3) is 0.357. The molecule has 18 heavy (non-hydrogen) atoms. The Hall–Kier alpha value is -1.48. The number of pyridine rings is 1. The first-order valence-corrected chi connectivity index (χ1v) is 6.39. The van der Waals surface area contributed by atoms with Crippen LogP contribution in [-0.4, -0.2) is 18.7 Å². The van der Waals surface area contributed by atoms with Crippen LogP contribution in [0.4, 0.5) is 0 Å². The molecule has 1 aromatic heterocycles. The van der Waals surface area contributed by atoms with Gasteiger partial charge in [0.05, 0.1) is 13.7 Å². The largest absolute Gasteiger partial charge is 0.497 e. The van der Waals surface area contributed by atoms with Crippen molar-refractivity contribution in [1.29, 1.82) is 0 Å². The number of hydrogen-bond donors (Lipinski definition) is 0. The van der Waals surface area contributed by atoms with E-state index in [1.165, 1.54) is 0 Å². The highest BCUT2D eigenvalue weighted by Crippen LogP contribution is 2.30. The number of hydrogen-bond acceptors (Lipinski definition) is 3. The lowest BCUT2D eigenvalue weighted by molar-refractivity contribution is 0.301. The minimum atomic E-state index is 0.444. The molecule has 0 saturated heterocycles. The first-order valence-electron chi connectivity index (χ1n) is 6.01. The van der Waals surface area contributed by atoms with E-state index in [-0.39, 0.29) is 0 Å². The van der Waals surface area contributed by atoms with Crippen molar-refractivity contribution in [1.82, 2.24) is 4.98 Å². The predicted molar refractivity (Wildman–Crippen MR) is 73.7 cm³/mol. The third-order valence-corrected chi connectivity index (χ3v) is 2.90. The Labute approximate surface area is 112 Å². The van der Waals surface area contributed by atoms with Crippen LogP contribution in [0.5, 0.6) is 11.6 Å². The quantitative estimate of drug-likeness (QED) is 0.603. The van der Waals surface area contributed by atoms with Gasteiger partial charge in [-0.1, -0.05) is 31.0 Å². The average molecular weight is 266 g/mol. The molecule has 4 heteroatoms. The molecule has 0 atom stereocenters. The Balaban J connectivity index is 2.41. The van der Waals surface area contributed by atoms with Gasteiger partial charge in [0, 0.05) is 5.39 Å². The van der Waals surface area contributed by atoms with E-state index >= 15 is 0 Å². The molecule has 0 bridgehead atoms. The number of aromatic nitrogens is 1. The van der Waals surface area contributed by atoms with Gasteiger partial charge in [0.1, 0.15) is 10.9 Å². The molecule has 1 aromatic carbocycles. The first kappa shape index (κ1) is 13.0. The minimum absolute atomic E-state index is 0.444. The van der Waals surface area contributed by atoms with Gasteiger partial charge in [0.25, 0.3) is 0 Å². The smallest absolute Gasteiger partial charge is 0.222 e. The predicted octanol–water partition coefficient (Wildman–Crippen LogP) is 4.08. The van der Waals surface area contributed by atoms with Crippen LogP contribution in [0.25, 0.3) is 10.8 Å². The Kier molecular flexibility index (Phi) is 4.26. The molecular formula is C14H16ClNO2. The molecule has 2 rings (SSSR count). The summed E-state index contributed by atoms with van der Waals surface area (Å²) in [4.78, 5) is 4.24. The van der Waals surface area contributed by atoms with Gasteiger partial charge in [-0.05, 0) is 30.0 Å². The third kappa shape index (κ3) is 2.85. The summed E-state index contributed by atoms with van der Waals surface area (Å²) in [6.45, 7) is 2.77. The number of benzene rings is 1. The fourth-order valence-corrected chi connectivity index (χ4v) is 1.91. The first-order chi connectivity index (χ1) is 8.74. The van der Waals surface area contributed by atoms with Crippen molar-refractivity contribution in [2.75, 3.05) is 13.7 Å². The van der Waals surface area contributed by atoms with Gasteiger partial charge in [-0.3, -0.25) is 0 Å². The fourth-order valence-electron chi connectivity index (χ4n) is 1.71. The SMILES string of the molecule is CCCCOc1nc(Cl)cc2ccc(OC)cc12. The van der Waals surface area contributed by atoms with E-state index < -0.39 is 0 Å². The molecule has 0 aliphatic heterocycles. The standard InChI is InChI=1S/C14H16ClNO2/c1-3-4-7-18-14-12-9-11(17-2)6-5-10(12)8-13(15)16-14/h5-6,8-9H,3-4,7H2,1-2H3. The van der Waals surface area contributed by atoms with Gasteiger partial charge in [0.15, 0.2) is 0 Å². The van der Waals surface area contributed by atoms with Gasteiger partial charge in [-0.25, -0.2) is 4.98 Å². The lowest BCUT2D eigenvalue weighted by atomic mass is 10.1. The molecule has 0 aliphatic rings. The summed E-state index contributed by atoms with van der Waals surface area (Å²) in [5.41, 5.74) is 0. The average Bonchev–Trinajstić information content (AvgIpc) is 2.38. The highest BCUT2D eigenvalue weighted by Gasteiger charge is 2.07. The molecule has 0 saturated carbocycles. The second kappa shape index (κ2) is 5.91. The normalized spacial score (nSPS) is 10.6. The third-order valence-electron chi connectivity index (χ3n) is 2.71. The summed E-state index contributed by atoms with van der Waals surface area (Å²) in [7, 11) is 1.64. The van der Waals surface area contributed by atoms with Gasteiger partial charge in [0.2, 0.25) is 5.88 Å². The van der Waals surface area contributed by atoms with Crippen LogP contribution in [0.1, 0.15) is 19.8 Å². The number of unbranched alkanes of at least 4 members (excludes halogenated alkanes) is 1. The van der Waals surface area contributed by atoms with Crippen molar-refractivity contribution in [2.24, 2.45) is 0 Å². The number of nitrogens with zero attached hydrogens (tertiary/aromatic N) is 1. The van der Waals surface area contributed by atoms with E-state index in [1.54, 1.807) is 7.11 Å². The van der Waals surface area contributed by atoms with Gasteiger partial charge < -0.3 is 9.47 Å². The van der Waals surface area contributed by atoms with Gasteiger partial charge in [-0.15, -0.1) is 0 Å². The van der Waals surface area contributed by atoms with Crippen molar-refractivity contribution in [3.05, 3.63) is 29.4 Å². The number of rotatable bonds is 5. The molecule has 0 fully saturated rings. The number of methoxy groups -OCH3 is 1. The maximum Gasteiger partial charge on any atom is 0.222 e. The Morgan fingerprint density at radius 2 is 2.11 bits per heavy atom. The molecule has 0 aliphatic carbocycles. The zero-order valence-corrected chi connectivity index (χ0v) is 11.3. The maximum atomic E-state index is 5.99. The van der Waals surface area contributed by atoms with Crippen LogP contribution in [0, 0.1) is 0 Å². The minimum Gasteiger partial charge on any atom is -0.497 e. The molecule has 3 nitrogen and oxygen atoms in total. The highest BCUT2D eigenvalue weighted by atomic mass is 35.5. The maximum absolute atomic E-state index is 5.99. The van der Waals surface area contributed by atoms with Crippen LogP contribution < -0.4 is 9.47 Å². The summed E-state index contributed by atoms with van der Waals surface area (Å²) in [5, 5.41) is 2.37. The van der Waals surface area contributed by atoms with Crippen molar-refractivity contribution in [3.8, 4) is 11.6 Å². The molecule has 0 radical (unpaired) electrons. The van der Waals surface area contributed by atoms with E-state index in [2.05, 4.69) is 11.9 Å². The zero-order chi connectivity index (χ0) is 13.0. The molecule has 0 N–H and O–H groups in total. The second-order valence-corrected chi connectivity index (χ2v) is 4.43. The van der Waals surface area contributed by atoms with Crippen LogP contribution in [-0.2, 0) is 0 Å². The van der Waals surface area contributed by atoms with Crippen LogP contribution in [0.15, 0.2) is 24.3 Å². The Bertz CT molecular complexity index is 543. The van der Waals surface area contributed by atoms with E-state index in [1.807, 2.05) is 24.3 Å². The van der Waals surface area contributed by atoms with Crippen molar-refractivity contribution in [2.45, 2.75) is 19.8 Å². The zero-order valence-electron chi connectivity index (χ0n) is 10.6. The molecule has 96 valence electrons. The molecule has 1 heterocycles. The number of fused-ring (bicyclic) bond motifs is 1. The summed E-state index contributed by atoms with van der Waals surface area (Å²) < 4.78 is 10.9. The lowest BCUT2D eigenvalue weighted by Gasteiger charge is -2.09. The van der Waals surface area contributed by atoms with Crippen LogP contribution in [0.2, 0.25) is 5.15 Å². The number of halogens is 1. The van der Waals surface area contributed by atoms with Crippen molar-refractivity contribution < 1.29 is 9.47 Å². The topological polar surface area (TPSA) is 31.4 Å². The van der Waals surface area contributed by atoms with Crippen LogP contribution in [0.3, 0.4) is 0 Å². The van der Waals surface area contributed by atoms with E-state index in [0.717, 1.165) is 29.4 Å². The van der Waals surface area contributed by atoms with E-state index in [0.29, 0.717) is 17.6 Å². The van der Waals surface area contributed by atoms with Gasteiger partial charge >= 0.3 is 0 Å². The molecule has 0 amide bonds. The highest BCUT2D eigenvalue weighted by molar-refractivity contribution is 6.30. The van der Waals surface area contributed by atoms with E-state index in [4.69, 9.17) is 21.1 Å². The molecule has 0 spiro atoms. The summed E-state index contributed by atoms with van der Waals surface area (Å²) in [5.74, 6) is 1.36. The molecule has 0 unspecified atom stereocenters. The lowest BCUT2D eigenvalue weighted by Crippen LogP contribution is -1.99. The Morgan fingerprint density at radius 3 is 2.83 bits per heavy atom. The van der Waals surface area contributed by atoms with Crippen LogP contribution >= 0.6 is 11.6 Å². The van der Waals surface area contributed by atoms with Gasteiger partial charge in [-0.2, -0.15) is 0 Å². The van der Waals surface area contributed by atoms with Crippen molar-refractivity contribution in [3.63, 3.8) is 0 Å². The summed E-state index contributed by atoms with van der Waals surface area (Å²) in [6, 6.07) is 7.59. The molecular weight excluding hydrogens is 250 g/mol. The van der Waals surface area contributed by atoms with E-state index in [9.17, 15) is 0 Å². The summed E-state index contributed by atoms with van der Waals surface area (Å²) >= 11 is 5.99. The monoisotopic (exact) mass is 265 g/mol. The Morgan fingerprint density at radius 1 is 1.28 bits per heavy atom. The van der Waals surface area contributed by atoms with Crippen molar-refractivity contribution >= 4 is 22.4 Å².